The van der Waals surface area contributed by atoms with Gasteiger partial charge in [-0.15, -0.1) is 22.9 Å². The Morgan fingerprint density at radius 1 is 1.35 bits per heavy atom. The minimum atomic E-state index is -3.73. The van der Waals surface area contributed by atoms with Crippen LogP contribution in [0.5, 0.6) is 0 Å². The molecule has 1 aromatic heterocycles. The van der Waals surface area contributed by atoms with E-state index in [2.05, 4.69) is 0 Å². The van der Waals surface area contributed by atoms with Crippen molar-refractivity contribution in [1.29, 1.82) is 0 Å². The van der Waals surface area contributed by atoms with E-state index in [1.165, 1.54) is 39.9 Å². The largest absolute Gasteiger partial charge is 0.266 e. The molecule has 0 saturated heterocycles. The van der Waals surface area contributed by atoms with Crippen LogP contribution in [0.3, 0.4) is 0 Å². The standard InChI is InChI=1S/C13H13ClFNO2S2/c1-2-16(11-5-3-4-10(15)8-11)20(17,18)13-6-7-19-12(13)9-14/h3-8H,2,9H2,1H3. The average molecular weight is 334 g/mol. The summed E-state index contributed by atoms with van der Waals surface area (Å²) in [5.41, 5.74) is 0.305. The molecule has 7 heteroatoms. The van der Waals surface area contributed by atoms with Gasteiger partial charge in [0.25, 0.3) is 10.0 Å². The molecule has 1 heterocycles. The Kier molecular flexibility index (Phi) is 4.67. The third-order valence-electron chi connectivity index (χ3n) is 2.78. The predicted octanol–water partition coefficient (Wildman–Crippen LogP) is 3.84. The lowest BCUT2D eigenvalue weighted by Gasteiger charge is -2.23. The molecule has 1 aromatic carbocycles. The van der Waals surface area contributed by atoms with Crippen LogP contribution in [0.2, 0.25) is 0 Å². The maximum absolute atomic E-state index is 13.3. The number of hydrogen-bond donors (Lipinski definition) is 0. The first-order valence-corrected chi connectivity index (χ1v) is 8.76. The van der Waals surface area contributed by atoms with E-state index in [-0.39, 0.29) is 17.3 Å². The molecule has 0 saturated carbocycles. The lowest BCUT2D eigenvalue weighted by molar-refractivity contribution is 0.591. The second-order valence-corrected chi connectivity index (χ2v) is 7.09. The Morgan fingerprint density at radius 3 is 2.70 bits per heavy atom. The normalized spacial score (nSPS) is 11.6. The van der Waals surface area contributed by atoms with Crippen molar-refractivity contribution in [2.45, 2.75) is 17.7 Å². The van der Waals surface area contributed by atoms with Gasteiger partial charge < -0.3 is 0 Å². The van der Waals surface area contributed by atoms with Crippen LogP contribution >= 0.6 is 22.9 Å². The fraction of sp³-hybridized carbons (Fsp3) is 0.231. The Morgan fingerprint density at radius 2 is 2.10 bits per heavy atom. The molecule has 0 N–H and O–H groups in total. The van der Waals surface area contributed by atoms with E-state index in [1.807, 2.05) is 0 Å². The summed E-state index contributed by atoms with van der Waals surface area (Å²) in [5.74, 6) is -0.341. The highest BCUT2D eigenvalue weighted by Crippen LogP contribution is 2.29. The van der Waals surface area contributed by atoms with E-state index in [0.29, 0.717) is 10.6 Å². The molecule has 2 aromatic rings. The monoisotopic (exact) mass is 333 g/mol. The summed E-state index contributed by atoms with van der Waals surface area (Å²) >= 11 is 7.06. The van der Waals surface area contributed by atoms with Gasteiger partial charge in [-0.1, -0.05) is 6.07 Å². The first kappa shape index (κ1) is 15.3. The molecule has 0 spiro atoms. The van der Waals surface area contributed by atoms with Gasteiger partial charge in [0.1, 0.15) is 10.7 Å². The number of rotatable bonds is 5. The molecule has 0 aliphatic heterocycles. The van der Waals surface area contributed by atoms with Crippen molar-refractivity contribution in [3.63, 3.8) is 0 Å². The summed E-state index contributed by atoms with van der Waals surface area (Å²) in [6, 6.07) is 7.06. The molecule has 0 bridgehead atoms. The SMILES string of the molecule is CCN(c1cccc(F)c1)S(=O)(=O)c1ccsc1CCl. The third-order valence-corrected chi connectivity index (χ3v) is 6.24. The molecule has 0 fully saturated rings. The molecule has 3 nitrogen and oxygen atoms in total. The van der Waals surface area contributed by atoms with Crippen LogP contribution in [-0.4, -0.2) is 15.0 Å². The van der Waals surface area contributed by atoms with Crippen molar-refractivity contribution < 1.29 is 12.8 Å². The number of alkyl halides is 1. The molecule has 0 amide bonds. The number of hydrogen-bond acceptors (Lipinski definition) is 3. The lowest BCUT2D eigenvalue weighted by Crippen LogP contribution is -2.31. The summed E-state index contributed by atoms with van der Waals surface area (Å²) in [7, 11) is -3.73. The summed E-state index contributed by atoms with van der Waals surface area (Å²) in [5, 5.41) is 1.68. The Balaban J connectivity index is 2.51. The minimum Gasteiger partial charge on any atom is -0.266 e. The Labute approximate surface area is 126 Å². The zero-order chi connectivity index (χ0) is 14.8. The highest BCUT2D eigenvalue weighted by molar-refractivity contribution is 7.93. The van der Waals surface area contributed by atoms with Crippen LogP contribution in [0.25, 0.3) is 0 Å². The van der Waals surface area contributed by atoms with Gasteiger partial charge in [0, 0.05) is 11.4 Å². The van der Waals surface area contributed by atoms with E-state index in [0.717, 1.165) is 0 Å². The number of halogens is 2. The van der Waals surface area contributed by atoms with Crippen LogP contribution < -0.4 is 4.31 Å². The maximum Gasteiger partial charge on any atom is 0.265 e. The van der Waals surface area contributed by atoms with E-state index >= 15 is 0 Å². The Hall–Kier alpha value is -1.11. The first-order valence-electron chi connectivity index (χ1n) is 5.91. The van der Waals surface area contributed by atoms with Gasteiger partial charge in [0.15, 0.2) is 0 Å². The van der Waals surface area contributed by atoms with Gasteiger partial charge in [-0.3, -0.25) is 4.31 Å². The summed E-state index contributed by atoms with van der Waals surface area (Å²) in [6.07, 6.45) is 0. The molecule has 2 rings (SSSR count). The van der Waals surface area contributed by atoms with Crippen LogP contribution in [0, 0.1) is 5.82 Å². The Bertz CT molecular complexity index is 700. The number of thiophene rings is 1. The number of sulfonamides is 1. The topological polar surface area (TPSA) is 37.4 Å². The highest BCUT2D eigenvalue weighted by Gasteiger charge is 2.27. The number of nitrogens with zero attached hydrogens (tertiary/aromatic N) is 1. The van der Waals surface area contributed by atoms with Crippen molar-refractivity contribution in [3.05, 3.63) is 46.4 Å². The minimum absolute atomic E-state index is 0.132. The van der Waals surface area contributed by atoms with Crippen LogP contribution in [0.15, 0.2) is 40.6 Å². The van der Waals surface area contributed by atoms with Gasteiger partial charge in [-0.25, -0.2) is 12.8 Å². The van der Waals surface area contributed by atoms with Gasteiger partial charge in [-0.2, -0.15) is 0 Å². The van der Waals surface area contributed by atoms with Crippen molar-refractivity contribution in [2.75, 3.05) is 10.8 Å². The molecular weight excluding hydrogens is 321 g/mol. The second-order valence-electron chi connectivity index (χ2n) is 3.99. The van der Waals surface area contributed by atoms with Crippen molar-refractivity contribution in [1.82, 2.24) is 0 Å². The fourth-order valence-electron chi connectivity index (χ4n) is 1.90. The molecule has 0 atom stereocenters. The van der Waals surface area contributed by atoms with E-state index in [4.69, 9.17) is 11.6 Å². The molecule has 0 unspecified atom stereocenters. The maximum atomic E-state index is 13.3. The zero-order valence-corrected chi connectivity index (χ0v) is 13.1. The molecule has 108 valence electrons. The first-order chi connectivity index (χ1) is 9.50. The molecule has 0 aliphatic carbocycles. The average Bonchev–Trinajstić information content (AvgIpc) is 2.88. The van der Waals surface area contributed by atoms with Gasteiger partial charge in [0.2, 0.25) is 0 Å². The van der Waals surface area contributed by atoms with Crippen molar-refractivity contribution >= 4 is 38.6 Å². The second kappa shape index (κ2) is 6.11. The van der Waals surface area contributed by atoms with Gasteiger partial charge in [0.05, 0.1) is 11.6 Å². The molecular formula is C13H13ClFNO2S2. The molecule has 20 heavy (non-hydrogen) atoms. The predicted molar refractivity (Wildman–Crippen MR) is 80.5 cm³/mol. The van der Waals surface area contributed by atoms with Gasteiger partial charge >= 0.3 is 0 Å². The van der Waals surface area contributed by atoms with Crippen LogP contribution in [0.4, 0.5) is 10.1 Å². The van der Waals surface area contributed by atoms with Crippen LogP contribution in [0.1, 0.15) is 11.8 Å². The number of anilines is 1. The zero-order valence-electron chi connectivity index (χ0n) is 10.7. The third kappa shape index (κ3) is 2.82. The number of benzene rings is 1. The smallest absolute Gasteiger partial charge is 0.265 e. The highest BCUT2D eigenvalue weighted by atomic mass is 35.5. The van der Waals surface area contributed by atoms with E-state index < -0.39 is 15.8 Å². The fourth-order valence-corrected chi connectivity index (χ4v) is 5.04. The summed E-state index contributed by atoms with van der Waals surface area (Å²) in [4.78, 5) is 0.769. The quantitative estimate of drug-likeness (QED) is 0.780. The lowest BCUT2D eigenvalue weighted by atomic mass is 10.3. The van der Waals surface area contributed by atoms with E-state index in [1.54, 1.807) is 18.4 Å². The van der Waals surface area contributed by atoms with Gasteiger partial charge in [-0.05, 0) is 36.6 Å². The summed E-state index contributed by atoms with van der Waals surface area (Å²) < 4.78 is 39.8. The van der Waals surface area contributed by atoms with Crippen LogP contribution in [-0.2, 0) is 15.9 Å². The molecule has 0 aliphatic rings. The van der Waals surface area contributed by atoms with Crippen molar-refractivity contribution in [2.24, 2.45) is 0 Å². The summed E-state index contributed by atoms with van der Waals surface area (Å²) in [6.45, 7) is 1.92. The van der Waals surface area contributed by atoms with Crippen molar-refractivity contribution in [3.8, 4) is 0 Å². The molecule has 0 radical (unpaired) electrons. The van der Waals surface area contributed by atoms with E-state index in [9.17, 15) is 12.8 Å².